The van der Waals surface area contributed by atoms with E-state index < -0.39 is 35.1 Å². The smallest absolute Gasteiger partial charge is 0.321 e. The van der Waals surface area contributed by atoms with E-state index in [1.807, 2.05) is 66.7 Å². The van der Waals surface area contributed by atoms with E-state index in [0.717, 1.165) is 16.7 Å². The first-order valence-electron chi connectivity index (χ1n) is 12.6. The van der Waals surface area contributed by atoms with Crippen molar-refractivity contribution in [2.24, 2.45) is 0 Å². The van der Waals surface area contributed by atoms with Crippen LogP contribution < -0.4 is 10.2 Å². The molecule has 4 aromatic rings. The molecule has 4 rings (SSSR count). The van der Waals surface area contributed by atoms with Crippen LogP contribution in [0.25, 0.3) is 0 Å². The Morgan fingerprint density at radius 1 is 0.850 bits per heavy atom. The van der Waals surface area contributed by atoms with Crippen molar-refractivity contribution >= 4 is 17.7 Å². The number of amides is 2. The fourth-order valence-corrected chi connectivity index (χ4v) is 3.98. The quantitative estimate of drug-likeness (QED) is 0.282. The Hall–Kier alpha value is -4.60. The highest BCUT2D eigenvalue weighted by atomic mass is 19.4. The third-order valence-electron chi connectivity index (χ3n) is 6.02. The van der Waals surface area contributed by atoms with Gasteiger partial charge < -0.3 is 5.32 Å². The van der Waals surface area contributed by atoms with Crippen molar-refractivity contribution in [1.29, 1.82) is 0 Å². The number of anilines is 1. The normalized spacial score (nSPS) is 11.7. The van der Waals surface area contributed by atoms with E-state index in [4.69, 9.17) is 4.84 Å². The van der Waals surface area contributed by atoms with Gasteiger partial charge in [-0.1, -0.05) is 77.6 Å². The Balaban J connectivity index is 1.58. The lowest BCUT2D eigenvalue weighted by atomic mass is 10.0. The zero-order valence-corrected chi connectivity index (χ0v) is 22.3. The van der Waals surface area contributed by atoms with Gasteiger partial charge in [0.05, 0.1) is 0 Å². The molecule has 3 aromatic carbocycles. The highest BCUT2D eigenvalue weighted by Gasteiger charge is 2.38. The summed E-state index contributed by atoms with van der Waals surface area (Å²) in [6.07, 6.45) is -5.23. The van der Waals surface area contributed by atoms with E-state index in [-0.39, 0.29) is 6.54 Å². The van der Waals surface area contributed by atoms with Crippen molar-refractivity contribution in [3.05, 3.63) is 119 Å². The molecule has 40 heavy (non-hydrogen) atoms. The highest BCUT2D eigenvalue weighted by molar-refractivity contribution is 6.03. The summed E-state index contributed by atoms with van der Waals surface area (Å²) in [6.45, 7) is 5.42. The minimum absolute atomic E-state index is 0.131. The number of nitrogens with zero attached hydrogens (tertiary/aromatic N) is 3. The van der Waals surface area contributed by atoms with Crippen LogP contribution in [0.15, 0.2) is 91.0 Å². The van der Waals surface area contributed by atoms with Crippen LogP contribution in [0.1, 0.15) is 53.6 Å². The molecule has 2 amide bonds. The third-order valence-corrected chi connectivity index (χ3v) is 6.02. The summed E-state index contributed by atoms with van der Waals surface area (Å²) < 4.78 is 40.6. The lowest BCUT2D eigenvalue weighted by Gasteiger charge is -2.34. The molecule has 0 saturated carbocycles. The maximum Gasteiger partial charge on any atom is 0.436 e. The van der Waals surface area contributed by atoms with E-state index in [9.17, 15) is 22.8 Å². The van der Waals surface area contributed by atoms with Crippen LogP contribution in [-0.2, 0) is 19.1 Å². The van der Waals surface area contributed by atoms with E-state index in [1.54, 1.807) is 39.0 Å². The van der Waals surface area contributed by atoms with Crippen molar-refractivity contribution in [1.82, 2.24) is 14.8 Å². The van der Waals surface area contributed by atoms with Crippen LogP contribution in [0.2, 0.25) is 0 Å². The van der Waals surface area contributed by atoms with Crippen LogP contribution in [0.3, 0.4) is 0 Å². The van der Waals surface area contributed by atoms with Gasteiger partial charge >= 0.3 is 12.3 Å². The zero-order chi connectivity index (χ0) is 28.9. The zero-order valence-electron chi connectivity index (χ0n) is 22.3. The number of nitrogens with one attached hydrogen (secondary N) is 1. The van der Waals surface area contributed by atoms with Gasteiger partial charge in [-0.15, -0.1) is 5.10 Å². The van der Waals surface area contributed by atoms with Gasteiger partial charge in [-0.05, 0) is 56.0 Å². The van der Waals surface area contributed by atoms with Crippen LogP contribution in [-0.4, -0.2) is 32.4 Å². The topological polar surface area (TPSA) is 76.5 Å². The van der Waals surface area contributed by atoms with Gasteiger partial charge in [0, 0.05) is 23.8 Å². The summed E-state index contributed by atoms with van der Waals surface area (Å²) in [7, 11) is 0. The molecule has 7 nitrogen and oxygen atoms in total. The molecular formula is C30H29F3N4O3. The minimum Gasteiger partial charge on any atom is -0.321 e. The fourth-order valence-electron chi connectivity index (χ4n) is 3.98. The minimum atomic E-state index is -4.87. The average molecular weight is 551 g/mol. The number of halogens is 3. The van der Waals surface area contributed by atoms with Gasteiger partial charge in [0.15, 0.2) is 11.4 Å². The number of alkyl halides is 3. The molecule has 0 saturated heterocycles. The van der Waals surface area contributed by atoms with Gasteiger partial charge in [-0.25, -0.2) is 4.79 Å². The van der Waals surface area contributed by atoms with Gasteiger partial charge in [-0.2, -0.15) is 13.2 Å². The van der Waals surface area contributed by atoms with Crippen molar-refractivity contribution in [3.63, 3.8) is 0 Å². The summed E-state index contributed by atoms with van der Waals surface area (Å²) in [6, 6.07) is 26.3. The lowest BCUT2D eigenvalue weighted by molar-refractivity contribution is -0.142. The first-order chi connectivity index (χ1) is 18.9. The first-order valence-corrected chi connectivity index (χ1v) is 12.6. The van der Waals surface area contributed by atoms with Crippen molar-refractivity contribution in [2.45, 2.75) is 45.5 Å². The summed E-state index contributed by atoms with van der Waals surface area (Å²) in [5, 5.41) is 5.98. The Morgan fingerprint density at radius 2 is 1.45 bits per heavy atom. The molecule has 10 heteroatoms. The van der Waals surface area contributed by atoms with Crippen molar-refractivity contribution in [3.8, 4) is 0 Å². The molecule has 0 atom stereocenters. The molecule has 0 radical (unpaired) electrons. The average Bonchev–Trinajstić information content (AvgIpc) is 3.32. The molecule has 0 aliphatic carbocycles. The van der Waals surface area contributed by atoms with Crippen molar-refractivity contribution in [2.75, 3.05) is 5.32 Å². The summed E-state index contributed by atoms with van der Waals surface area (Å²) in [4.78, 5) is 33.3. The number of rotatable bonds is 7. The maximum absolute atomic E-state index is 13.5. The molecule has 0 aliphatic rings. The molecule has 0 bridgehead atoms. The predicted octanol–water partition coefficient (Wildman–Crippen LogP) is 6.59. The summed E-state index contributed by atoms with van der Waals surface area (Å²) >= 11 is 0. The number of benzene rings is 3. The summed E-state index contributed by atoms with van der Waals surface area (Å²) in [5.41, 5.74) is 0.405. The molecule has 0 aliphatic heterocycles. The van der Waals surface area contributed by atoms with Crippen LogP contribution in [0.4, 0.5) is 23.7 Å². The molecule has 208 valence electrons. The molecule has 0 spiro atoms. The van der Waals surface area contributed by atoms with Gasteiger partial charge in [0.25, 0.3) is 5.91 Å². The molecule has 0 fully saturated rings. The Labute approximate surface area is 230 Å². The first kappa shape index (κ1) is 28.4. The second-order valence-corrected chi connectivity index (χ2v) is 10.2. The highest BCUT2D eigenvalue weighted by Crippen LogP contribution is 2.29. The summed E-state index contributed by atoms with van der Waals surface area (Å²) in [5.74, 6) is -0.918. The number of hydrogen-bond donors (Lipinski definition) is 1. The van der Waals surface area contributed by atoms with Crippen LogP contribution >= 0.6 is 0 Å². The number of carbonyl (C=O) groups is 2. The van der Waals surface area contributed by atoms with Gasteiger partial charge in [0.1, 0.15) is 0 Å². The Kier molecular flexibility index (Phi) is 8.27. The second-order valence-electron chi connectivity index (χ2n) is 10.2. The number of hydrogen-bond acceptors (Lipinski definition) is 4. The largest absolute Gasteiger partial charge is 0.436 e. The number of carbonyl (C=O) groups excluding carboxylic acids is 2. The molecule has 1 heterocycles. The van der Waals surface area contributed by atoms with Crippen LogP contribution in [0, 0.1) is 0 Å². The monoisotopic (exact) mass is 550 g/mol. The fraction of sp³-hybridized carbons (Fsp3) is 0.233. The molecule has 1 N–H and O–H groups in total. The van der Waals surface area contributed by atoms with Crippen molar-refractivity contribution < 1.29 is 27.6 Å². The lowest BCUT2D eigenvalue weighted by Crippen LogP contribution is -2.48. The van der Waals surface area contributed by atoms with Gasteiger partial charge in [0.2, 0.25) is 0 Å². The van der Waals surface area contributed by atoms with E-state index >= 15 is 0 Å². The van der Waals surface area contributed by atoms with E-state index in [2.05, 4.69) is 10.4 Å². The number of aromatic nitrogens is 2. The molecule has 1 aromatic heterocycles. The van der Waals surface area contributed by atoms with Gasteiger partial charge in [-0.3, -0.25) is 14.5 Å². The molecular weight excluding hydrogens is 521 g/mol. The predicted molar refractivity (Wildman–Crippen MR) is 145 cm³/mol. The van der Waals surface area contributed by atoms with E-state index in [0.29, 0.717) is 23.0 Å². The third kappa shape index (κ3) is 7.28. The second kappa shape index (κ2) is 11.6. The van der Waals surface area contributed by atoms with E-state index in [1.165, 1.54) is 4.90 Å². The Morgan fingerprint density at radius 3 is 2.05 bits per heavy atom. The maximum atomic E-state index is 13.5. The van der Waals surface area contributed by atoms with Crippen LogP contribution in [0.5, 0.6) is 0 Å². The SMILES string of the molecule is CC(C)(C)N(Cc1ccccc1)C(=O)On1nc(C(F)(F)F)cc1C(=O)Nc1cccc(Cc2ccccc2)c1. The Bertz CT molecular complexity index is 1460. The standard InChI is InChI=1S/C30H29F3N4O3/c1-29(2,3)36(20-22-13-8-5-9-14-22)28(39)40-37-25(19-26(35-37)30(31,32)33)27(38)34-24-16-10-15-23(18-24)17-21-11-6-4-7-12-21/h4-16,18-19H,17,20H2,1-3H3,(H,34,38). The molecule has 0 unspecified atom stereocenters.